The van der Waals surface area contributed by atoms with Crippen molar-refractivity contribution in [3.05, 3.63) is 94.6 Å². The molecule has 7 heteroatoms. The lowest BCUT2D eigenvalue weighted by molar-refractivity contribution is 0.103. The second-order valence-corrected chi connectivity index (χ2v) is 8.49. The van der Waals surface area contributed by atoms with Crippen LogP contribution >= 0.6 is 22.9 Å². The van der Waals surface area contributed by atoms with E-state index in [0.717, 1.165) is 27.3 Å². The third-order valence-corrected chi connectivity index (χ3v) is 6.40. The number of rotatable bonds is 5. The molecule has 5 aromatic rings. The first-order valence-corrected chi connectivity index (χ1v) is 11.1. The summed E-state index contributed by atoms with van der Waals surface area (Å²) in [6.07, 6.45) is 1.84. The number of hydrogen-bond donors (Lipinski definition) is 1. The molecule has 3 aromatic heterocycles. The van der Waals surface area contributed by atoms with Gasteiger partial charge in [-0.05, 0) is 36.4 Å². The standard InChI is InChI=1S/C25H18ClN3O2S/c1-31-18-6-4-5-16(13-18)24(30)23-22(27)21(20-7-2-3-12-29(20)23)25-28-19(14-32-25)15-8-10-17(26)11-9-15/h2-14H,27H2,1H3. The van der Waals surface area contributed by atoms with Crippen LogP contribution in [0.25, 0.3) is 27.3 Å². The zero-order chi connectivity index (χ0) is 22.2. The van der Waals surface area contributed by atoms with Crippen molar-refractivity contribution in [2.24, 2.45) is 0 Å². The van der Waals surface area contributed by atoms with Gasteiger partial charge in [0.25, 0.3) is 0 Å². The Bertz CT molecular complexity index is 1450. The van der Waals surface area contributed by atoms with E-state index in [4.69, 9.17) is 27.1 Å². The van der Waals surface area contributed by atoms with Gasteiger partial charge in [-0.2, -0.15) is 0 Å². The van der Waals surface area contributed by atoms with Crippen molar-refractivity contribution in [1.29, 1.82) is 0 Å². The summed E-state index contributed by atoms with van der Waals surface area (Å²) in [4.78, 5) is 18.3. The van der Waals surface area contributed by atoms with E-state index in [1.54, 1.807) is 31.4 Å². The first kappa shape index (κ1) is 20.3. The number of anilines is 1. The van der Waals surface area contributed by atoms with E-state index in [1.165, 1.54) is 11.3 Å². The third-order valence-electron chi connectivity index (χ3n) is 5.29. The first-order valence-electron chi connectivity index (χ1n) is 9.86. The van der Waals surface area contributed by atoms with E-state index >= 15 is 0 Å². The summed E-state index contributed by atoms with van der Waals surface area (Å²) in [5.41, 5.74) is 11.3. The van der Waals surface area contributed by atoms with E-state index in [1.807, 2.05) is 58.4 Å². The Kier molecular flexibility index (Phi) is 5.17. The average molecular weight is 460 g/mol. The van der Waals surface area contributed by atoms with Gasteiger partial charge in [0.1, 0.15) is 16.5 Å². The normalized spacial score (nSPS) is 11.1. The number of thiazole rings is 1. The number of fused-ring (bicyclic) bond motifs is 1. The lowest BCUT2D eigenvalue weighted by Crippen LogP contribution is -2.08. The molecule has 0 spiro atoms. The Morgan fingerprint density at radius 3 is 2.69 bits per heavy atom. The Morgan fingerprint density at radius 1 is 1.09 bits per heavy atom. The van der Waals surface area contributed by atoms with Gasteiger partial charge < -0.3 is 14.9 Å². The number of nitrogens with zero attached hydrogens (tertiary/aromatic N) is 2. The number of pyridine rings is 1. The van der Waals surface area contributed by atoms with Gasteiger partial charge in [-0.15, -0.1) is 11.3 Å². The summed E-state index contributed by atoms with van der Waals surface area (Å²) in [6.45, 7) is 0. The molecule has 3 heterocycles. The van der Waals surface area contributed by atoms with E-state index in [9.17, 15) is 4.79 Å². The van der Waals surface area contributed by atoms with Gasteiger partial charge in [0.05, 0.1) is 29.6 Å². The molecule has 0 aliphatic heterocycles. The lowest BCUT2D eigenvalue weighted by Gasteiger charge is -2.05. The molecule has 0 atom stereocenters. The topological polar surface area (TPSA) is 69.6 Å². The van der Waals surface area contributed by atoms with Gasteiger partial charge in [-0.3, -0.25) is 4.79 Å². The van der Waals surface area contributed by atoms with E-state index < -0.39 is 0 Å². The number of carbonyl (C=O) groups is 1. The molecule has 0 bridgehead atoms. The molecule has 0 saturated carbocycles. The van der Waals surface area contributed by atoms with Crippen molar-refractivity contribution in [3.8, 4) is 27.6 Å². The van der Waals surface area contributed by atoms with Crippen LogP contribution in [0.1, 0.15) is 16.1 Å². The summed E-state index contributed by atoms with van der Waals surface area (Å²) in [6, 6.07) is 20.3. The van der Waals surface area contributed by atoms with Crippen LogP contribution in [0.3, 0.4) is 0 Å². The maximum absolute atomic E-state index is 13.5. The summed E-state index contributed by atoms with van der Waals surface area (Å²) in [5.74, 6) is 0.436. The van der Waals surface area contributed by atoms with Gasteiger partial charge in [-0.25, -0.2) is 4.98 Å². The first-order chi connectivity index (χ1) is 15.6. The van der Waals surface area contributed by atoms with Crippen LogP contribution in [0.4, 0.5) is 5.69 Å². The number of carbonyl (C=O) groups excluding carboxylic acids is 1. The number of benzene rings is 2. The molecule has 0 saturated heterocycles. The van der Waals surface area contributed by atoms with Crippen LogP contribution in [0.15, 0.2) is 78.3 Å². The molecule has 0 radical (unpaired) electrons. The summed E-state index contributed by atoms with van der Waals surface area (Å²) in [5, 5.41) is 3.40. The maximum Gasteiger partial charge on any atom is 0.212 e. The Hall–Kier alpha value is -3.61. The second kappa shape index (κ2) is 8.15. The summed E-state index contributed by atoms with van der Waals surface area (Å²) < 4.78 is 7.11. The number of methoxy groups -OCH3 is 1. The fraction of sp³-hybridized carbons (Fsp3) is 0.0400. The third kappa shape index (κ3) is 3.43. The molecular formula is C25H18ClN3O2S. The van der Waals surface area contributed by atoms with Crippen molar-refractivity contribution in [2.45, 2.75) is 0 Å². The van der Waals surface area contributed by atoms with Crippen molar-refractivity contribution in [2.75, 3.05) is 12.8 Å². The number of ether oxygens (including phenoxy) is 1. The Balaban J connectivity index is 1.65. The molecule has 158 valence electrons. The quantitative estimate of drug-likeness (QED) is 0.317. The number of halogens is 1. The lowest BCUT2D eigenvalue weighted by atomic mass is 10.1. The molecule has 2 N–H and O–H groups in total. The largest absolute Gasteiger partial charge is 0.497 e. The van der Waals surface area contributed by atoms with Gasteiger partial charge >= 0.3 is 0 Å². The zero-order valence-electron chi connectivity index (χ0n) is 17.1. The average Bonchev–Trinajstić information content (AvgIpc) is 3.41. The van der Waals surface area contributed by atoms with Gasteiger partial charge in [0.2, 0.25) is 5.78 Å². The molecule has 2 aromatic carbocycles. The number of hydrogen-bond acceptors (Lipinski definition) is 5. The molecule has 5 rings (SSSR count). The van der Waals surface area contributed by atoms with Crippen LogP contribution in [-0.4, -0.2) is 22.3 Å². The SMILES string of the molecule is COc1cccc(C(=O)c2c(N)c(-c3nc(-c4ccc(Cl)cc4)cs3)c3ccccn23)c1. The number of nitrogens with two attached hydrogens (primary N) is 1. The smallest absolute Gasteiger partial charge is 0.212 e. The van der Waals surface area contributed by atoms with Crippen molar-refractivity contribution in [1.82, 2.24) is 9.38 Å². The molecule has 0 amide bonds. The highest BCUT2D eigenvalue weighted by atomic mass is 35.5. The summed E-state index contributed by atoms with van der Waals surface area (Å²) >= 11 is 7.50. The molecular weight excluding hydrogens is 442 g/mol. The van der Waals surface area contributed by atoms with Gasteiger partial charge in [0.15, 0.2) is 0 Å². The molecule has 5 nitrogen and oxygen atoms in total. The molecule has 0 fully saturated rings. The van der Waals surface area contributed by atoms with Crippen molar-refractivity contribution >= 4 is 39.9 Å². The minimum absolute atomic E-state index is 0.177. The summed E-state index contributed by atoms with van der Waals surface area (Å²) in [7, 11) is 1.57. The monoisotopic (exact) mass is 459 g/mol. The zero-order valence-corrected chi connectivity index (χ0v) is 18.7. The van der Waals surface area contributed by atoms with Crippen LogP contribution in [0.5, 0.6) is 5.75 Å². The molecule has 0 unspecified atom stereocenters. The molecule has 0 aliphatic carbocycles. The van der Waals surface area contributed by atoms with Crippen LogP contribution < -0.4 is 10.5 Å². The minimum atomic E-state index is -0.177. The second-order valence-electron chi connectivity index (χ2n) is 7.20. The highest BCUT2D eigenvalue weighted by Gasteiger charge is 2.25. The highest BCUT2D eigenvalue weighted by Crippen LogP contribution is 2.39. The Morgan fingerprint density at radius 2 is 1.91 bits per heavy atom. The number of aromatic nitrogens is 2. The van der Waals surface area contributed by atoms with Crippen LogP contribution in [0, 0.1) is 0 Å². The highest BCUT2D eigenvalue weighted by molar-refractivity contribution is 7.13. The van der Waals surface area contributed by atoms with E-state index in [2.05, 4.69) is 0 Å². The predicted octanol–water partition coefficient (Wildman–Crippen LogP) is 6.21. The number of nitrogen functional groups attached to an aromatic ring is 1. The van der Waals surface area contributed by atoms with Crippen molar-refractivity contribution < 1.29 is 9.53 Å². The fourth-order valence-corrected chi connectivity index (χ4v) is 4.75. The van der Waals surface area contributed by atoms with Crippen LogP contribution in [-0.2, 0) is 0 Å². The fourth-order valence-electron chi connectivity index (χ4n) is 3.73. The van der Waals surface area contributed by atoms with E-state index in [-0.39, 0.29) is 5.78 Å². The maximum atomic E-state index is 13.5. The molecule has 0 aliphatic rings. The van der Waals surface area contributed by atoms with Crippen LogP contribution in [0.2, 0.25) is 5.02 Å². The Labute approximate surface area is 193 Å². The van der Waals surface area contributed by atoms with E-state index in [0.29, 0.717) is 27.7 Å². The van der Waals surface area contributed by atoms with Gasteiger partial charge in [0, 0.05) is 27.7 Å². The predicted molar refractivity (Wildman–Crippen MR) is 130 cm³/mol. The number of ketones is 1. The van der Waals surface area contributed by atoms with Gasteiger partial charge in [-0.1, -0.05) is 41.9 Å². The molecule has 32 heavy (non-hydrogen) atoms. The van der Waals surface area contributed by atoms with Crippen molar-refractivity contribution in [3.63, 3.8) is 0 Å². The minimum Gasteiger partial charge on any atom is -0.497 e.